The van der Waals surface area contributed by atoms with Crippen molar-refractivity contribution in [3.63, 3.8) is 0 Å². The van der Waals surface area contributed by atoms with Gasteiger partial charge >= 0.3 is 5.97 Å². The molecule has 3 heterocycles. The van der Waals surface area contributed by atoms with E-state index in [-0.39, 0.29) is 22.8 Å². The van der Waals surface area contributed by atoms with Gasteiger partial charge < -0.3 is 19.9 Å². The zero-order chi connectivity index (χ0) is 16.8. The Morgan fingerprint density at radius 2 is 2.04 bits per heavy atom. The van der Waals surface area contributed by atoms with Gasteiger partial charge in [0, 0.05) is 38.4 Å². The maximum absolute atomic E-state index is 14.5. The minimum Gasteiger partial charge on any atom is -0.477 e. The summed E-state index contributed by atoms with van der Waals surface area (Å²) in [5.74, 6) is -1.67. The second kappa shape index (κ2) is 5.55. The van der Waals surface area contributed by atoms with Gasteiger partial charge in [-0.25, -0.2) is 14.2 Å². The highest BCUT2D eigenvalue weighted by Crippen LogP contribution is 2.37. The van der Waals surface area contributed by atoms with E-state index in [1.165, 1.54) is 6.20 Å². The number of piperazine rings is 1. The highest BCUT2D eigenvalue weighted by molar-refractivity contribution is 5.92. The number of hydrogen-bond donors (Lipinski definition) is 2. The Balaban J connectivity index is 1.95. The molecule has 7 nitrogen and oxygen atoms in total. The number of aromatic carboxylic acids is 1. The summed E-state index contributed by atoms with van der Waals surface area (Å²) in [6.07, 6.45) is 3.15. The number of carbonyl (C=O) groups is 1. The Labute approximate surface area is 136 Å². The lowest BCUT2D eigenvalue weighted by Crippen LogP contribution is -2.44. The smallest absolute Gasteiger partial charge is 0.341 e. The van der Waals surface area contributed by atoms with Crippen LogP contribution in [0.1, 0.15) is 29.2 Å². The van der Waals surface area contributed by atoms with E-state index in [0.717, 1.165) is 32.0 Å². The summed E-state index contributed by atoms with van der Waals surface area (Å²) < 4.78 is 16.3. The maximum atomic E-state index is 14.5. The van der Waals surface area contributed by atoms with Gasteiger partial charge in [0.05, 0.1) is 5.39 Å². The van der Waals surface area contributed by atoms with Gasteiger partial charge in [0.2, 0.25) is 5.43 Å². The molecule has 2 aromatic rings. The highest BCUT2D eigenvalue weighted by Gasteiger charge is 2.28. The predicted octanol–water partition coefficient (Wildman–Crippen LogP) is 0.978. The minimum absolute atomic E-state index is 0.0261. The molecule has 2 fully saturated rings. The molecular weight excluding hydrogens is 315 g/mol. The monoisotopic (exact) mass is 332 g/mol. The normalized spacial score (nSPS) is 18.1. The first kappa shape index (κ1) is 15.1. The van der Waals surface area contributed by atoms with E-state index in [1.807, 2.05) is 4.90 Å². The summed E-state index contributed by atoms with van der Waals surface area (Å²) in [6.45, 7) is 2.76. The van der Waals surface area contributed by atoms with Crippen molar-refractivity contribution in [1.29, 1.82) is 0 Å². The molecule has 24 heavy (non-hydrogen) atoms. The third kappa shape index (κ3) is 2.43. The quantitative estimate of drug-likeness (QED) is 0.871. The van der Waals surface area contributed by atoms with Crippen LogP contribution in [0.3, 0.4) is 0 Å². The molecule has 126 valence electrons. The first-order valence-corrected chi connectivity index (χ1v) is 8.00. The molecule has 8 heteroatoms. The van der Waals surface area contributed by atoms with Crippen LogP contribution in [0.5, 0.6) is 0 Å². The standard InChI is InChI=1S/C16H17FN4O3/c17-12-7-10-13(22)11(16(23)24)8-21(9-1-2-9)14(10)19-15(12)20-5-3-18-4-6-20/h7-9,18H,1-6H2,(H,23,24). The molecule has 4 rings (SSSR count). The number of nitrogens with zero attached hydrogens (tertiary/aromatic N) is 3. The lowest BCUT2D eigenvalue weighted by atomic mass is 10.2. The number of halogens is 1. The summed E-state index contributed by atoms with van der Waals surface area (Å²) in [5, 5.41) is 12.5. The van der Waals surface area contributed by atoms with Gasteiger partial charge in [-0.2, -0.15) is 0 Å². The van der Waals surface area contributed by atoms with Crippen molar-refractivity contribution in [2.75, 3.05) is 31.1 Å². The topological polar surface area (TPSA) is 87.5 Å². The Kier molecular flexibility index (Phi) is 3.49. The molecule has 2 aliphatic rings. The van der Waals surface area contributed by atoms with Crippen LogP contribution >= 0.6 is 0 Å². The highest BCUT2D eigenvalue weighted by atomic mass is 19.1. The fourth-order valence-electron chi connectivity index (χ4n) is 3.12. The zero-order valence-electron chi connectivity index (χ0n) is 13.0. The van der Waals surface area contributed by atoms with Crippen molar-refractivity contribution in [3.05, 3.63) is 33.9 Å². The lowest BCUT2D eigenvalue weighted by Gasteiger charge is -2.29. The SMILES string of the molecule is O=C(O)c1cn(C2CC2)c2nc(N3CCNCC3)c(F)cc2c1=O. The number of anilines is 1. The van der Waals surface area contributed by atoms with Crippen molar-refractivity contribution in [2.45, 2.75) is 18.9 Å². The second-order valence-electron chi connectivity index (χ2n) is 6.22. The number of fused-ring (bicyclic) bond motifs is 1. The van der Waals surface area contributed by atoms with E-state index in [1.54, 1.807) is 4.57 Å². The Morgan fingerprint density at radius 3 is 2.67 bits per heavy atom. The molecule has 2 N–H and O–H groups in total. The van der Waals surface area contributed by atoms with Crippen LogP contribution in [-0.4, -0.2) is 46.8 Å². The molecule has 0 amide bonds. The van der Waals surface area contributed by atoms with Crippen molar-refractivity contribution in [1.82, 2.24) is 14.9 Å². The first-order valence-electron chi connectivity index (χ1n) is 8.00. The van der Waals surface area contributed by atoms with E-state index in [2.05, 4.69) is 10.3 Å². The number of rotatable bonds is 3. The van der Waals surface area contributed by atoms with E-state index in [9.17, 15) is 19.1 Å². The van der Waals surface area contributed by atoms with Crippen molar-refractivity contribution in [3.8, 4) is 0 Å². The van der Waals surface area contributed by atoms with Gasteiger partial charge in [-0.1, -0.05) is 0 Å². The molecule has 0 aromatic carbocycles. The van der Waals surface area contributed by atoms with Gasteiger partial charge in [-0.15, -0.1) is 0 Å². The third-order valence-electron chi connectivity index (χ3n) is 4.53. The van der Waals surface area contributed by atoms with Gasteiger partial charge in [0.1, 0.15) is 11.2 Å². The summed E-state index contributed by atoms with van der Waals surface area (Å²) in [5.41, 5.74) is -0.666. The fourth-order valence-corrected chi connectivity index (χ4v) is 3.12. The number of pyridine rings is 2. The Hall–Kier alpha value is -2.48. The van der Waals surface area contributed by atoms with Crippen LogP contribution in [0.4, 0.5) is 10.2 Å². The summed E-state index contributed by atoms with van der Waals surface area (Å²) >= 11 is 0. The van der Waals surface area contributed by atoms with Crippen LogP contribution in [0.2, 0.25) is 0 Å². The average Bonchev–Trinajstić information content (AvgIpc) is 3.40. The van der Waals surface area contributed by atoms with Crippen molar-refractivity contribution >= 4 is 22.8 Å². The van der Waals surface area contributed by atoms with Crippen LogP contribution in [-0.2, 0) is 0 Å². The number of carboxylic acids is 1. The third-order valence-corrected chi connectivity index (χ3v) is 4.53. The van der Waals surface area contributed by atoms with Crippen molar-refractivity contribution < 1.29 is 14.3 Å². The number of aromatic nitrogens is 2. The Bertz CT molecular complexity index is 885. The van der Waals surface area contributed by atoms with Crippen LogP contribution in [0.25, 0.3) is 11.0 Å². The van der Waals surface area contributed by atoms with Gasteiger partial charge in [0.25, 0.3) is 0 Å². The summed E-state index contributed by atoms with van der Waals surface area (Å²) in [6, 6.07) is 1.26. The molecule has 1 aliphatic heterocycles. The maximum Gasteiger partial charge on any atom is 0.341 e. The molecule has 0 unspecified atom stereocenters. The van der Waals surface area contributed by atoms with E-state index >= 15 is 0 Å². The van der Waals surface area contributed by atoms with Gasteiger partial charge in [-0.05, 0) is 18.9 Å². The Morgan fingerprint density at radius 1 is 1.33 bits per heavy atom. The van der Waals surface area contributed by atoms with Gasteiger partial charge in [-0.3, -0.25) is 4.79 Å². The summed E-state index contributed by atoms with van der Waals surface area (Å²) in [4.78, 5) is 30.0. The first-order chi connectivity index (χ1) is 11.6. The fraction of sp³-hybridized carbons (Fsp3) is 0.438. The zero-order valence-corrected chi connectivity index (χ0v) is 13.0. The lowest BCUT2D eigenvalue weighted by molar-refractivity contribution is 0.0695. The number of hydrogen-bond acceptors (Lipinski definition) is 5. The molecule has 0 atom stereocenters. The van der Waals surface area contributed by atoms with Crippen molar-refractivity contribution in [2.24, 2.45) is 0 Å². The van der Waals surface area contributed by atoms with Gasteiger partial charge in [0.15, 0.2) is 11.6 Å². The van der Waals surface area contributed by atoms with E-state index in [0.29, 0.717) is 18.7 Å². The molecule has 1 aliphatic carbocycles. The number of carboxylic acid groups (broad SMARTS) is 1. The molecule has 2 aromatic heterocycles. The largest absolute Gasteiger partial charge is 0.477 e. The molecule has 1 saturated heterocycles. The van der Waals surface area contributed by atoms with E-state index in [4.69, 9.17) is 0 Å². The molecule has 0 bridgehead atoms. The molecule has 1 saturated carbocycles. The average molecular weight is 332 g/mol. The van der Waals surface area contributed by atoms with Crippen LogP contribution < -0.4 is 15.6 Å². The summed E-state index contributed by atoms with van der Waals surface area (Å²) in [7, 11) is 0. The molecular formula is C16H17FN4O3. The van der Waals surface area contributed by atoms with Crippen LogP contribution in [0, 0.1) is 5.82 Å². The predicted molar refractivity (Wildman–Crippen MR) is 86.3 cm³/mol. The number of nitrogens with one attached hydrogen (secondary N) is 1. The minimum atomic E-state index is -1.30. The molecule has 0 radical (unpaired) electrons. The molecule has 0 spiro atoms. The second-order valence-corrected chi connectivity index (χ2v) is 6.22. The van der Waals surface area contributed by atoms with E-state index < -0.39 is 17.2 Å². The van der Waals surface area contributed by atoms with Crippen LogP contribution in [0.15, 0.2) is 17.1 Å².